The van der Waals surface area contributed by atoms with Gasteiger partial charge in [0.25, 0.3) is 0 Å². The van der Waals surface area contributed by atoms with E-state index in [-0.39, 0.29) is 13.1 Å². The molecule has 0 aromatic carbocycles. The molecule has 0 aliphatic heterocycles. The molecule has 2 amide bonds. The Morgan fingerprint density at radius 2 is 1.93 bits per heavy atom. The van der Waals surface area contributed by atoms with Crippen molar-refractivity contribution in [2.24, 2.45) is 0 Å². The summed E-state index contributed by atoms with van der Waals surface area (Å²) in [6, 6.07) is 0. The average molecular weight is 204 g/mol. The SMILES string of the molecule is CCCCOC(=O)NCCNC(=O)O. The van der Waals surface area contributed by atoms with Gasteiger partial charge in [-0.05, 0) is 6.42 Å². The van der Waals surface area contributed by atoms with Crippen LogP contribution in [-0.2, 0) is 4.74 Å². The van der Waals surface area contributed by atoms with Crippen molar-refractivity contribution in [3.63, 3.8) is 0 Å². The van der Waals surface area contributed by atoms with E-state index in [1.807, 2.05) is 6.92 Å². The number of amides is 2. The first kappa shape index (κ1) is 12.5. The van der Waals surface area contributed by atoms with E-state index in [9.17, 15) is 9.59 Å². The zero-order chi connectivity index (χ0) is 10.8. The number of nitrogens with one attached hydrogen (secondary N) is 2. The number of hydrogen-bond acceptors (Lipinski definition) is 3. The minimum Gasteiger partial charge on any atom is -0.465 e. The molecule has 14 heavy (non-hydrogen) atoms. The van der Waals surface area contributed by atoms with Gasteiger partial charge in [-0.2, -0.15) is 0 Å². The Kier molecular flexibility index (Phi) is 7.30. The van der Waals surface area contributed by atoms with Gasteiger partial charge in [-0.1, -0.05) is 13.3 Å². The maximum atomic E-state index is 10.9. The lowest BCUT2D eigenvalue weighted by molar-refractivity contribution is 0.144. The topological polar surface area (TPSA) is 87.7 Å². The van der Waals surface area contributed by atoms with Crippen molar-refractivity contribution < 1.29 is 19.4 Å². The molecule has 0 radical (unpaired) electrons. The zero-order valence-electron chi connectivity index (χ0n) is 8.21. The van der Waals surface area contributed by atoms with E-state index >= 15 is 0 Å². The van der Waals surface area contributed by atoms with Crippen LogP contribution in [0.1, 0.15) is 19.8 Å². The van der Waals surface area contributed by atoms with Gasteiger partial charge < -0.3 is 20.5 Å². The maximum Gasteiger partial charge on any atom is 0.407 e. The molecule has 0 atom stereocenters. The number of alkyl carbamates (subject to hydrolysis) is 1. The predicted octanol–water partition coefficient (Wildman–Crippen LogP) is 0.780. The number of carbonyl (C=O) groups is 2. The molecule has 0 aromatic rings. The molecule has 0 bridgehead atoms. The smallest absolute Gasteiger partial charge is 0.407 e. The molecule has 0 aromatic heterocycles. The third-order valence-corrected chi connectivity index (χ3v) is 1.40. The van der Waals surface area contributed by atoms with E-state index in [0.29, 0.717) is 6.61 Å². The minimum absolute atomic E-state index is 0.179. The zero-order valence-corrected chi connectivity index (χ0v) is 8.21. The van der Waals surface area contributed by atoms with Crippen LogP contribution in [0.4, 0.5) is 9.59 Å². The summed E-state index contributed by atoms with van der Waals surface area (Å²) in [6.07, 6.45) is 0.186. The Morgan fingerprint density at radius 3 is 2.50 bits per heavy atom. The van der Waals surface area contributed by atoms with Gasteiger partial charge in [0.1, 0.15) is 0 Å². The van der Waals surface area contributed by atoms with Crippen molar-refractivity contribution in [1.29, 1.82) is 0 Å². The van der Waals surface area contributed by atoms with Crippen molar-refractivity contribution in [2.45, 2.75) is 19.8 Å². The summed E-state index contributed by atoms with van der Waals surface area (Å²) in [5.74, 6) is 0. The molecule has 0 aliphatic rings. The van der Waals surface area contributed by atoms with Gasteiger partial charge in [0.15, 0.2) is 0 Å². The Hall–Kier alpha value is -1.46. The van der Waals surface area contributed by atoms with Crippen LogP contribution in [0.3, 0.4) is 0 Å². The second-order valence-electron chi connectivity index (χ2n) is 2.65. The van der Waals surface area contributed by atoms with Crippen LogP contribution in [0.25, 0.3) is 0 Å². The van der Waals surface area contributed by atoms with E-state index in [0.717, 1.165) is 12.8 Å². The van der Waals surface area contributed by atoms with Crippen LogP contribution in [0.2, 0.25) is 0 Å². The largest absolute Gasteiger partial charge is 0.465 e. The summed E-state index contributed by atoms with van der Waals surface area (Å²) in [6.45, 7) is 2.81. The number of ether oxygens (including phenoxy) is 1. The molecule has 6 nitrogen and oxygen atoms in total. The van der Waals surface area contributed by atoms with Crippen LogP contribution in [0, 0.1) is 0 Å². The van der Waals surface area contributed by atoms with Gasteiger partial charge in [-0.3, -0.25) is 0 Å². The van der Waals surface area contributed by atoms with Gasteiger partial charge in [0, 0.05) is 13.1 Å². The number of hydrogen-bond donors (Lipinski definition) is 3. The summed E-state index contributed by atoms with van der Waals surface area (Å²) in [5.41, 5.74) is 0. The summed E-state index contributed by atoms with van der Waals surface area (Å²) in [7, 11) is 0. The molecule has 82 valence electrons. The van der Waals surface area contributed by atoms with E-state index in [2.05, 4.69) is 10.6 Å². The van der Waals surface area contributed by atoms with Gasteiger partial charge in [0.05, 0.1) is 6.61 Å². The standard InChI is InChI=1S/C8H16N2O4/c1-2-3-6-14-8(13)10-5-4-9-7(11)12/h9H,2-6H2,1H3,(H,10,13)(H,11,12). The number of rotatable bonds is 6. The highest BCUT2D eigenvalue weighted by atomic mass is 16.5. The minimum atomic E-state index is -1.11. The van der Waals surface area contributed by atoms with Gasteiger partial charge in [-0.15, -0.1) is 0 Å². The molecule has 0 saturated heterocycles. The Balaban J connectivity index is 3.22. The first-order valence-corrected chi connectivity index (χ1v) is 4.54. The number of carboxylic acid groups (broad SMARTS) is 1. The van der Waals surface area contributed by atoms with Crippen LogP contribution in [0.5, 0.6) is 0 Å². The second-order valence-corrected chi connectivity index (χ2v) is 2.65. The van der Waals surface area contributed by atoms with E-state index in [1.54, 1.807) is 0 Å². The molecule has 0 spiro atoms. The first-order chi connectivity index (χ1) is 6.66. The second kappa shape index (κ2) is 8.15. The third kappa shape index (κ3) is 8.63. The fourth-order valence-corrected chi connectivity index (χ4v) is 0.694. The summed E-state index contributed by atoms with van der Waals surface area (Å²) in [5, 5.41) is 12.7. The lowest BCUT2D eigenvalue weighted by Gasteiger charge is -2.05. The molecular weight excluding hydrogens is 188 g/mol. The molecule has 0 rings (SSSR count). The van der Waals surface area contributed by atoms with Crippen LogP contribution >= 0.6 is 0 Å². The highest BCUT2D eigenvalue weighted by Gasteiger charge is 2.00. The summed E-state index contributed by atoms with van der Waals surface area (Å²) >= 11 is 0. The lowest BCUT2D eigenvalue weighted by Crippen LogP contribution is -2.34. The maximum absolute atomic E-state index is 10.9. The third-order valence-electron chi connectivity index (χ3n) is 1.40. The molecule has 0 heterocycles. The average Bonchev–Trinajstić information content (AvgIpc) is 2.13. The van der Waals surface area contributed by atoms with Crippen molar-refractivity contribution >= 4 is 12.2 Å². The van der Waals surface area contributed by atoms with Crippen molar-refractivity contribution in [3.05, 3.63) is 0 Å². The molecule has 3 N–H and O–H groups in total. The Bertz CT molecular complexity index is 184. The molecule has 0 unspecified atom stereocenters. The van der Waals surface area contributed by atoms with Crippen molar-refractivity contribution in [2.75, 3.05) is 19.7 Å². The van der Waals surface area contributed by atoms with Crippen LogP contribution < -0.4 is 10.6 Å². The quantitative estimate of drug-likeness (QED) is 0.558. The van der Waals surface area contributed by atoms with Crippen LogP contribution in [-0.4, -0.2) is 37.0 Å². The van der Waals surface area contributed by atoms with E-state index in [1.165, 1.54) is 0 Å². The van der Waals surface area contributed by atoms with Crippen LogP contribution in [0.15, 0.2) is 0 Å². The Labute approximate surface area is 82.6 Å². The van der Waals surface area contributed by atoms with Gasteiger partial charge in [0.2, 0.25) is 0 Å². The van der Waals surface area contributed by atoms with Crippen molar-refractivity contribution in [3.8, 4) is 0 Å². The fourth-order valence-electron chi connectivity index (χ4n) is 0.694. The normalized spacial score (nSPS) is 9.21. The Morgan fingerprint density at radius 1 is 1.29 bits per heavy atom. The lowest BCUT2D eigenvalue weighted by atomic mass is 10.4. The van der Waals surface area contributed by atoms with E-state index < -0.39 is 12.2 Å². The molecule has 0 aliphatic carbocycles. The van der Waals surface area contributed by atoms with Gasteiger partial charge in [-0.25, -0.2) is 9.59 Å². The first-order valence-electron chi connectivity index (χ1n) is 4.54. The predicted molar refractivity (Wildman–Crippen MR) is 50.3 cm³/mol. The number of carbonyl (C=O) groups excluding carboxylic acids is 1. The molecule has 6 heteroatoms. The summed E-state index contributed by atoms with van der Waals surface area (Å²) < 4.78 is 4.76. The van der Waals surface area contributed by atoms with E-state index in [4.69, 9.17) is 9.84 Å². The summed E-state index contributed by atoms with van der Waals surface area (Å²) in [4.78, 5) is 20.9. The fraction of sp³-hybridized carbons (Fsp3) is 0.750. The highest BCUT2D eigenvalue weighted by Crippen LogP contribution is 1.87. The monoisotopic (exact) mass is 204 g/mol. The molecular formula is C8H16N2O4. The number of unbranched alkanes of at least 4 members (excludes halogenated alkanes) is 1. The molecule has 0 saturated carbocycles. The van der Waals surface area contributed by atoms with Gasteiger partial charge >= 0.3 is 12.2 Å². The molecule has 0 fully saturated rings. The van der Waals surface area contributed by atoms with Crippen molar-refractivity contribution in [1.82, 2.24) is 10.6 Å². The highest BCUT2D eigenvalue weighted by molar-refractivity contribution is 5.67.